The van der Waals surface area contributed by atoms with Crippen LogP contribution >= 0.6 is 0 Å². The molecule has 3 amide bonds. The molecule has 1 aromatic carbocycles. The Balaban J connectivity index is 1.82. The van der Waals surface area contributed by atoms with Gasteiger partial charge in [0.1, 0.15) is 5.54 Å². The molecule has 0 radical (unpaired) electrons. The lowest BCUT2D eigenvalue weighted by molar-refractivity contribution is -0.131. The molecule has 0 spiro atoms. The maximum absolute atomic E-state index is 12.9. The first-order chi connectivity index (χ1) is 12.0. The van der Waals surface area contributed by atoms with Gasteiger partial charge in [0, 0.05) is 13.0 Å². The van der Waals surface area contributed by atoms with Crippen molar-refractivity contribution >= 4 is 11.9 Å². The number of nitrogens with zero attached hydrogens (tertiary/aromatic N) is 3. The summed E-state index contributed by atoms with van der Waals surface area (Å²) >= 11 is 0. The summed E-state index contributed by atoms with van der Waals surface area (Å²) in [5.41, 5.74) is -0.670. The second-order valence-electron chi connectivity index (χ2n) is 6.06. The number of ether oxygens (including phenoxy) is 2. The summed E-state index contributed by atoms with van der Waals surface area (Å²) in [5.74, 6) is 0.0900. The molecule has 1 saturated heterocycles. The molecular formula is C17H16N4O4. The normalized spacial score (nSPS) is 22.3. The number of hydrogen-bond donors (Lipinski definition) is 1. The molecule has 2 aliphatic heterocycles. The molecule has 8 heteroatoms. The molecule has 0 aliphatic carbocycles. The van der Waals surface area contributed by atoms with Gasteiger partial charge in [-0.05, 0) is 31.0 Å². The van der Waals surface area contributed by atoms with Crippen LogP contribution in [0.1, 0.15) is 25.3 Å². The summed E-state index contributed by atoms with van der Waals surface area (Å²) in [6, 6.07) is 8.52. The summed E-state index contributed by atoms with van der Waals surface area (Å²) in [5, 5.41) is 20.5. The van der Waals surface area contributed by atoms with Crippen molar-refractivity contribution in [3.05, 3.63) is 23.8 Å². The smallest absolute Gasteiger partial charge is 0.325 e. The van der Waals surface area contributed by atoms with Gasteiger partial charge in [-0.3, -0.25) is 9.69 Å². The third kappa shape index (κ3) is 2.83. The summed E-state index contributed by atoms with van der Waals surface area (Å²) < 4.78 is 10.6. The molecule has 0 unspecified atom stereocenters. The molecule has 2 atom stereocenters. The minimum atomic E-state index is -1.24. The lowest BCUT2D eigenvalue weighted by atomic mass is 9.91. The quantitative estimate of drug-likeness (QED) is 0.814. The number of nitrogens with one attached hydrogen (secondary N) is 1. The summed E-state index contributed by atoms with van der Waals surface area (Å²) in [4.78, 5) is 26.2. The van der Waals surface area contributed by atoms with Crippen LogP contribution in [0.3, 0.4) is 0 Å². The van der Waals surface area contributed by atoms with Crippen molar-refractivity contribution in [2.45, 2.75) is 25.3 Å². The summed E-state index contributed by atoms with van der Waals surface area (Å²) in [6.45, 7) is 1.69. The highest BCUT2D eigenvalue weighted by Crippen LogP contribution is 2.38. The predicted molar refractivity (Wildman–Crippen MR) is 84.1 cm³/mol. The lowest BCUT2D eigenvalue weighted by Crippen LogP contribution is -2.41. The first-order valence-electron chi connectivity index (χ1n) is 7.80. The van der Waals surface area contributed by atoms with E-state index >= 15 is 0 Å². The molecule has 1 fully saturated rings. The Morgan fingerprint density at radius 1 is 1.32 bits per heavy atom. The second kappa shape index (κ2) is 6.33. The predicted octanol–water partition coefficient (Wildman–Crippen LogP) is 1.63. The van der Waals surface area contributed by atoms with Crippen molar-refractivity contribution in [2.24, 2.45) is 5.92 Å². The molecule has 0 saturated carbocycles. The Morgan fingerprint density at radius 2 is 2.08 bits per heavy atom. The van der Waals surface area contributed by atoms with Gasteiger partial charge in [0.05, 0.1) is 18.1 Å². The maximum atomic E-state index is 12.9. The first-order valence-corrected chi connectivity index (χ1v) is 7.80. The van der Waals surface area contributed by atoms with E-state index in [2.05, 4.69) is 5.32 Å². The number of nitriles is 2. The Hall–Kier alpha value is -3.26. The largest absolute Gasteiger partial charge is 0.454 e. The standard InChI is InChI=1S/C17H16N4O4/c1-17(12-4-5-13-14(7-12)25-10-24-13)15(22)21(16(23)20-17)9-11(8-19)3-2-6-18/h4-5,7,11H,2-3,9-10H2,1H3,(H,20,23)/t11-,17-/m0/s1. The molecule has 128 valence electrons. The molecule has 2 aliphatic rings. The van der Waals surface area contributed by atoms with Gasteiger partial charge in [-0.25, -0.2) is 4.79 Å². The lowest BCUT2D eigenvalue weighted by Gasteiger charge is -2.23. The highest BCUT2D eigenvalue weighted by atomic mass is 16.7. The van der Waals surface area contributed by atoms with Crippen molar-refractivity contribution in [1.29, 1.82) is 10.5 Å². The van der Waals surface area contributed by atoms with Crippen molar-refractivity contribution < 1.29 is 19.1 Å². The highest BCUT2D eigenvalue weighted by Gasteiger charge is 2.49. The average molecular weight is 340 g/mol. The number of carbonyl (C=O) groups is 2. The molecule has 2 heterocycles. The van der Waals surface area contributed by atoms with Gasteiger partial charge in [-0.15, -0.1) is 0 Å². The van der Waals surface area contributed by atoms with Crippen molar-refractivity contribution in [2.75, 3.05) is 13.3 Å². The minimum absolute atomic E-state index is 0.0387. The molecule has 8 nitrogen and oxygen atoms in total. The van der Waals surface area contributed by atoms with E-state index in [1.54, 1.807) is 25.1 Å². The minimum Gasteiger partial charge on any atom is -0.454 e. The fourth-order valence-electron chi connectivity index (χ4n) is 2.92. The van der Waals surface area contributed by atoms with Gasteiger partial charge in [-0.2, -0.15) is 10.5 Å². The maximum Gasteiger partial charge on any atom is 0.325 e. The van der Waals surface area contributed by atoms with E-state index in [4.69, 9.17) is 14.7 Å². The fraction of sp³-hybridized carbons (Fsp3) is 0.412. The van der Waals surface area contributed by atoms with Gasteiger partial charge in [-0.1, -0.05) is 6.07 Å². The van der Waals surface area contributed by atoms with Crippen LogP contribution in [-0.2, 0) is 10.3 Å². The van der Waals surface area contributed by atoms with E-state index in [9.17, 15) is 14.9 Å². The SMILES string of the molecule is C[C@@]1(c2ccc3c(c2)OCO3)NC(=O)N(C[C@H](C#N)CCC#N)C1=O. The number of rotatable bonds is 5. The number of fused-ring (bicyclic) bond motifs is 1. The van der Waals surface area contributed by atoms with E-state index in [0.29, 0.717) is 23.5 Å². The Morgan fingerprint density at radius 3 is 2.80 bits per heavy atom. The van der Waals surface area contributed by atoms with Crippen LogP contribution in [0.2, 0.25) is 0 Å². The van der Waals surface area contributed by atoms with Crippen LogP contribution in [0.4, 0.5) is 4.79 Å². The molecule has 1 N–H and O–H groups in total. The van der Waals surface area contributed by atoms with Crippen LogP contribution in [0.15, 0.2) is 18.2 Å². The number of hydrogen-bond acceptors (Lipinski definition) is 6. The van der Waals surface area contributed by atoms with Crippen molar-refractivity contribution in [3.63, 3.8) is 0 Å². The first kappa shape index (κ1) is 16.6. The van der Waals surface area contributed by atoms with Gasteiger partial charge < -0.3 is 14.8 Å². The summed E-state index contributed by atoms with van der Waals surface area (Å²) in [7, 11) is 0. The highest BCUT2D eigenvalue weighted by molar-refractivity contribution is 6.07. The third-order valence-electron chi connectivity index (χ3n) is 4.42. The van der Waals surface area contributed by atoms with E-state index in [-0.39, 0.29) is 19.8 Å². The summed E-state index contributed by atoms with van der Waals surface area (Å²) in [6.07, 6.45) is 0.506. The van der Waals surface area contributed by atoms with Crippen LogP contribution < -0.4 is 14.8 Å². The number of urea groups is 1. The van der Waals surface area contributed by atoms with Gasteiger partial charge in [0.15, 0.2) is 11.5 Å². The molecule has 25 heavy (non-hydrogen) atoms. The number of carbonyl (C=O) groups excluding carboxylic acids is 2. The van der Waals surface area contributed by atoms with Gasteiger partial charge in [0.2, 0.25) is 6.79 Å². The third-order valence-corrected chi connectivity index (χ3v) is 4.42. The molecule has 3 rings (SSSR count). The zero-order valence-electron chi connectivity index (χ0n) is 13.6. The fourth-order valence-corrected chi connectivity index (χ4v) is 2.92. The zero-order valence-corrected chi connectivity index (χ0v) is 13.6. The van der Waals surface area contributed by atoms with Crippen molar-refractivity contribution in [1.82, 2.24) is 10.2 Å². The van der Waals surface area contributed by atoms with E-state index in [1.165, 1.54) is 0 Å². The van der Waals surface area contributed by atoms with E-state index in [0.717, 1.165) is 4.90 Å². The Bertz CT molecular complexity index is 810. The topological polar surface area (TPSA) is 115 Å². The van der Waals surface area contributed by atoms with Crippen LogP contribution in [-0.4, -0.2) is 30.2 Å². The van der Waals surface area contributed by atoms with E-state index in [1.807, 2.05) is 12.1 Å². The van der Waals surface area contributed by atoms with Crippen LogP contribution in [0.5, 0.6) is 11.5 Å². The Labute approximate surface area is 144 Å². The Kier molecular flexibility index (Phi) is 4.20. The van der Waals surface area contributed by atoms with Crippen molar-refractivity contribution in [3.8, 4) is 23.6 Å². The number of amides is 3. The van der Waals surface area contributed by atoms with Crippen LogP contribution in [0.25, 0.3) is 0 Å². The average Bonchev–Trinajstić information content (AvgIpc) is 3.16. The van der Waals surface area contributed by atoms with Gasteiger partial charge in [0.25, 0.3) is 5.91 Å². The molecule has 0 bridgehead atoms. The molecule has 0 aromatic heterocycles. The number of benzene rings is 1. The van der Waals surface area contributed by atoms with Gasteiger partial charge >= 0.3 is 6.03 Å². The molecular weight excluding hydrogens is 324 g/mol. The number of imide groups is 1. The zero-order chi connectivity index (χ0) is 18.0. The van der Waals surface area contributed by atoms with E-state index < -0.39 is 23.4 Å². The molecule has 1 aromatic rings. The van der Waals surface area contributed by atoms with Crippen LogP contribution in [0, 0.1) is 28.6 Å². The monoisotopic (exact) mass is 340 g/mol. The second-order valence-corrected chi connectivity index (χ2v) is 6.06.